The minimum atomic E-state index is -0.943. The van der Waals surface area contributed by atoms with E-state index in [1.165, 1.54) is 10.5 Å². The second-order valence-corrected chi connectivity index (χ2v) is 6.34. The van der Waals surface area contributed by atoms with Crippen molar-refractivity contribution < 1.29 is 15.0 Å². The predicted molar refractivity (Wildman–Crippen MR) is 86.5 cm³/mol. The second-order valence-electron chi connectivity index (χ2n) is 6.34. The number of carbonyl (C=O) groups is 1. The molecule has 122 valence electrons. The lowest BCUT2D eigenvalue weighted by atomic mass is 10.0. The number of rotatable bonds is 5. The average Bonchev–Trinajstić information content (AvgIpc) is 3.12. The smallest absolute Gasteiger partial charge is 0.407 e. The molecule has 3 rings (SSSR count). The number of carboxylic acid groups (broad SMARTS) is 1. The third-order valence-corrected chi connectivity index (χ3v) is 4.66. The fourth-order valence-electron chi connectivity index (χ4n) is 3.11. The summed E-state index contributed by atoms with van der Waals surface area (Å²) < 4.78 is 0. The van der Waals surface area contributed by atoms with Crippen LogP contribution in [-0.2, 0) is 6.42 Å². The van der Waals surface area contributed by atoms with Gasteiger partial charge < -0.3 is 20.4 Å². The van der Waals surface area contributed by atoms with Gasteiger partial charge in [-0.05, 0) is 24.8 Å². The van der Waals surface area contributed by atoms with Crippen LogP contribution in [0.3, 0.4) is 0 Å². The fourth-order valence-corrected chi connectivity index (χ4v) is 3.11. The fraction of sp³-hybridized carbons (Fsp3) is 0.562. The number of nitrogens with one attached hydrogen (secondary N) is 1. The summed E-state index contributed by atoms with van der Waals surface area (Å²) in [6.45, 7) is 1.33. The van der Waals surface area contributed by atoms with Crippen molar-refractivity contribution >= 4 is 18.5 Å². The molecule has 1 aliphatic carbocycles. The van der Waals surface area contributed by atoms with Crippen LogP contribution in [-0.4, -0.2) is 52.5 Å². The number of β-amino-alcohol motifs (C(OH)–C–C–N with tert-alkyl or cyclic N) is 1. The zero-order valence-corrected chi connectivity index (χ0v) is 13.3. The van der Waals surface area contributed by atoms with E-state index in [2.05, 4.69) is 29.6 Å². The number of hydrogen-bond acceptors (Lipinski definition) is 3. The zero-order valence-electron chi connectivity index (χ0n) is 12.4. The molecule has 0 bridgehead atoms. The van der Waals surface area contributed by atoms with Gasteiger partial charge in [0.25, 0.3) is 0 Å². The van der Waals surface area contributed by atoms with E-state index in [9.17, 15) is 9.90 Å². The predicted octanol–water partition coefficient (Wildman–Crippen LogP) is 1.74. The number of likely N-dealkylation sites (tertiary alicyclic amines) is 1. The SMILES string of the molecule is Cl.O=C(O)N1C[C@@H](CNC2(Cc3ccccc3)CC2)[C@H](O)C1. The van der Waals surface area contributed by atoms with Crippen molar-refractivity contribution in [3.05, 3.63) is 35.9 Å². The Morgan fingerprint density at radius 2 is 1.95 bits per heavy atom. The highest BCUT2D eigenvalue weighted by Crippen LogP contribution is 2.39. The maximum Gasteiger partial charge on any atom is 0.407 e. The first-order chi connectivity index (χ1) is 10.1. The summed E-state index contributed by atoms with van der Waals surface area (Å²) in [7, 11) is 0. The first-order valence-corrected chi connectivity index (χ1v) is 7.53. The van der Waals surface area contributed by atoms with E-state index in [0.29, 0.717) is 13.1 Å². The van der Waals surface area contributed by atoms with Crippen LogP contribution in [0.25, 0.3) is 0 Å². The van der Waals surface area contributed by atoms with Gasteiger partial charge >= 0.3 is 6.09 Å². The maximum absolute atomic E-state index is 10.9. The molecule has 1 heterocycles. The molecule has 1 amide bonds. The van der Waals surface area contributed by atoms with Gasteiger partial charge in [0.15, 0.2) is 0 Å². The van der Waals surface area contributed by atoms with Gasteiger partial charge in [-0.1, -0.05) is 30.3 Å². The largest absolute Gasteiger partial charge is 0.465 e. The zero-order chi connectivity index (χ0) is 14.9. The van der Waals surface area contributed by atoms with E-state index in [1.54, 1.807) is 0 Å². The Morgan fingerprint density at radius 3 is 2.50 bits per heavy atom. The van der Waals surface area contributed by atoms with Gasteiger partial charge in [0.2, 0.25) is 0 Å². The monoisotopic (exact) mass is 326 g/mol. The highest BCUT2D eigenvalue weighted by molar-refractivity contribution is 5.85. The van der Waals surface area contributed by atoms with Gasteiger partial charge in [-0.25, -0.2) is 4.79 Å². The molecule has 2 fully saturated rings. The molecule has 2 aliphatic rings. The highest BCUT2D eigenvalue weighted by Gasteiger charge is 2.43. The molecule has 6 heteroatoms. The average molecular weight is 327 g/mol. The Labute approximate surface area is 136 Å². The normalized spacial score (nSPS) is 25.6. The van der Waals surface area contributed by atoms with Crippen LogP contribution in [0.5, 0.6) is 0 Å². The maximum atomic E-state index is 10.9. The van der Waals surface area contributed by atoms with Crippen molar-refractivity contribution in [2.24, 2.45) is 5.92 Å². The van der Waals surface area contributed by atoms with E-state index in [1.807, 2.05) is 6.07 Å². The number of benzene rings is 1. The van der Waals surface area contributed by atoms with Gasteiger partial charge in [0, 0.05) is 24.5 Å². The van der Waals surface area contributed by atoms with Crippen LogP contribution in [0.15, 0.2) is 30.3 Å². The van der Waals surface area contributed by atoms with Crippen LogP contribution in [0.4, 0.5) is 4.79 Å². The summed E-state index contributed by atoms with van der Waals surface area (Å²) in [6.07, 6.45) is 1.79. The Kier molecular flexibility index (Phi) is 5.32. The van der Waals surface area contributed by atoms with Crippen molar-refractivity contribution in [1.29, 1.82) is 0 Å². The van der Waals surface area contributed by atoms with Crippen molar-refractivity contribution in [1.82, 2.24) is 10.2 Å². The number of amides is 1. The summed E-state index contributed by atoms with van der Waals surface area (Å²) >= 11 is 0. The van der Waals surface area contributed by atoms with Gasteiger partial charge in [-0.2, -0.15) is 0 Å². The van der Waals surface area contributed by atoms with Crippen molar-refractivity contribution in [3.8, 4) is 0 Å². The first-order valence-electron chi connectivity index (χ1n) is 7.53. The Balaban J connectivity index is 0.00000176. The van der Waals surface area contributed by atoms with E-state index in [0.717, 1.165) is 19.3 Å². The minimum Gasteiger partial charge on any atom is -0.465 e. The van der Waals surface area contributed by atoms with Gasteiger partial charge in [0.1, 0.15) is 0 Å². The molecule has 5 nitrogen and oxygen atoms in total. The molecule has 0 radical (unpaired) electrons. The second kappa shape index (κ2) is 6.86. The van der Waals surface area contributed by atoms with E-state index >= 15 is 0 Å². The molecule has 0 aromatic heterocycles. The van der Waals surface area contributed by atoms with E-state index in [4.69, 9.17) is 5.11 Å². The molecule has 1 saturated carbocycles. The number of aliphatic hydroxyl groups is 1. The summed E-state index contributed by atoms with van der Waals surface area (Å²) in [5.41, 5.74) is 1.47. The molecular formula is C16H23ClN2O3. The number of aliphatic hydroxyl groups excluding tert-OH is 1. The van der Waals surface area contributed by atoms with Crippen LogP contribution < -0.4 is 5.32 Å². The number of nitrogens with zero attached hydrogens (tertiary/aromatic N) is 1. The molecule has 22 heavy (non-hydrogen) atoms. The molecule has 1 aliphatic heterocycles. The van der Waals surface area contributed by atoms with Crippen LogP contribution >= 0.6 is 12.4 Å². The third kappa shape index (κ3) is 3.91. The minimum absolute atomic E-state index is 0. The van der Waals surface area contributed by atoms with Gasteiger partial charge in [0.05, 0.1) is 12.6 Å². The molecular weight excluding hydrogens is 304 g/mol. The summed E-state index contributed by atoms with van der Waals surface area (Å²) in [5, 5.41) is 22.5. The van der Waals surface area contributed by atoms with Crippen LogP contribution in [0.1, 0.15) is 18.4 Å². The molecule has 1 aromatic rings. The summed E-state index contributed by atoms with van der Waals surface area (Å²) in [6, 6.07) is 10.4. The van der Waals surface area contributed by atoms with Crippen molar-refractivity contribution in [2.45, 2.75) is 30.9 Å². The first kappa shape index (κ1) is 17.1. The molecule has 2 atom stereocenters. The lowest BCUT2D eigenvalue weighted by Gasteiger charge is -2.21. The molecule has 0 spiro atoms. The lowest BCUT2D eigenvalue weighted by Crippen LogP contribution is -2.40. The third-order valence-electron chi connectivity index (χ3n) is 4.66. The summed E-state index contributed by atoms with van der Waals surface area (Å²) in [5.74, 6) is -0.00523. The van der Waals surface area contributed by atoms with Crippen LogP contribution in [0, 0.1) is 5.92 Å². The van der Waals surface area contributed by atoms with Gasteiger partial charge in [-0.3, -0.25) is 0 Å². The topological polar surface area (TPSA) is 72.8 Å². The van der Waals surface area contributed by atoms with E-state index in [-0.39, 0.29) is 30.4 Å². The molecule has 0 unspecified atom stereocenters. The highest BCUT2D eigenvalue weighted by atomic mass is 35.5. The molecule has 3 N–H and O–H groups in total. The Hall–Kier alpha value is -1.30. The Morgan fingerprint density at radius 1 is 1.27 bits per heavy atom. The molecule has 1 aromatic carbocycles. The number of hydrogen-bond donors (Lipinski definition) is 3. The number of halogens is 1. The van der Waals surface area contributed by atoms with E-state index < -0.39 is 12.2 Å². The van der Waals surface area contributed by atoms with Crippen molar-refractivity contribution in [2.75, 3.05) is 19.6 Å². The van der Waals surface area contributed by atoms with Gasteiger partial charge in [-0.15, -0.1) is 12.4 Å². The summed E-state index contributed by atoms with van der Waals surface area (Å²) in [4.78, 5) is 12.2. The lowest BCUT2D eigenvalue weighted by molar-refractivity contribution is 0.130. The standard InChI is InChI=1S/C16H22N2O3.ClH/c19-14-11-18(15(20)21)10-13(14)9-17-16(6-7-16)8-12-4-2-1-3-5-12;/h1-5,13-14,17,19H,6-11H2,(H,20,21);1H/t13-,14-;/m1./s1. The quantitative estimate of drug-likeness (QED) is 0.770. The Bertz CT molecular complexity index is 507. The van der Waals surface area contributed by atoms with Crippen molar-refractivity contribution in [3.63, 3.8) is 0 Å². The van der Waals surface area contributed by atoms with Crippen LogP contribution in [0.2, 0.25) is 0 Å². The molecule has 1 saturated heterocycles.